The summed E-state index contributed by atoms with van der Waals surface area (Å²) in [6.45, 7) is 2.18. The van der Waals surface area contributed by atoms with Crippen molar-refractivity contribution in [2.24, 2.45) is 0 Å². The highest BCUT2D eigenvalue weighted by atomic mass is 16.5. The Morgan fingerprint density at radius 2 is 2.20 bits per heavy atom. The highest BCUT2D eigenvalue weighted by Crippen LogP contribution is 2.24. The fourth-order valence-corrected chi connectivity index (χ4v) is 2.37. The van der Waals surface area contributed by atoms with Gasteiger partial charge in [-0.1, -0.05) is 6.07 Å². The van der Waals surface area contributed by atoms with Crippen LogP contribution in [0.25, 0.3) is 0 Å². The van der Waals surface area contributed by atoms with E-state index >= 15 is 0 Å². The predicted molar refractivity (Wildman–Crippen MR) is 70.5 cm³/mol. The van der Waals surface area contributed by atoms with Gasteiger partial charge in [-0.3, -0.25) is 0 Å². The lowest BCUT2D eigenvalue weighted by atomic mass is 9.99. The lowest BCUT2D eigenvalue weighted by Gasteiger charge is -2.20. The molecule has 3 rings (SSSR count). The molecule has 0 radical (unpaired) electrons. The molecule has 106 valence electrons. The molecule has 20 heavy (non-hydrogen) atoms. The number of pyridine rings is 1. The molecule has 0 atom stereocenters. The highest BCUT2D eigenvalue weighted by Gasteiger charge is 2.22. The lowest BCUT2D eigenvalue weighted by Crippen LogP contribution is -2.19. The number of hydrogen-bond acceptors (Lipinski definition) is 6. The fraction of sp³-hybridized carbons (Fsp3) is 0.538. The van der Waals surface area contributed by atoms with E-state index in [1.165, 1.54) is 0 Å². The van der Waals surface area contributed by atoms with Crippen molar-refractivity contribution in [3.05, 3.63) is 29.7 Å². The maximum absolute atomic E-state index is 5.38. The Bertz CT molecular complexity index is 548. The monoisotopic (exact) mass is 275 g/mol. The van der Waals surface area contributed by atoms with E-state index in [1.54, 1.807) is 13.3 Å². The third kappa shape index (κ3) is 2.77. The Hall–Kier alpha value is -2.02. The van der Waals surface area contributed by atoms with Gasteiger partial charge in [0.1, 0.15) is 0 Å². The Labute approximate surface area is 116 Å². The van der Waals surface area contributed by atoms with E-state index in [9.17, 15) is 0 Å². The molecule has 2 aromatic heterocycles. The zero-order valence-corrected chi connectivity index (χ0v) is 11.4. The molecule has 1 aliphatic rings. The molecule has 0 saturated carbocycles. The van der Waals surface area contributed by atoms with Gasteiger partial charge in [0.25, 0.3) is 0 Å². The second kappa shape index (κ2) is 5.96. The van der Waals surface area contributed by atoms with Crippen LogP contribution in [-0.4, -0.2) is 45.5 Å². The number of nitrogens with zero attached hydrogens (tertiary/aromatic N) is 5. The van der Waals surface area contributed by atoms with E-state index in [2.05, 4.69) is 20.5 Å². The summed E-state index contributed by atoms with van der Waals surface area (Å²) in [6.07, 6.45) is 3.73. The normalized spacial score (nSPS) is 16.2. The van der Waals surface area contributed by atoms with Crippen molar-refractivity contribution in [1.29, 1.82) is 0 Å². The largest absolute Gasteiger partial charge is 0.481 e. The molecular weight excluding hydrogens is 258 g/mol. The quantitative estimate of drug-likeness (QED) is 0.829. The average molecular weight is 275 g/mol. The van der Waals surface area contributed by atoms with Gasteiger partial charge in [-0.05, 0) is 28.8 Å². The Morgan fingerprint density at radius 3 is 2.90 bits per heavy atom. The minimum Gasteiger partial charge on any atom is -0.481 e. The SMILES string of the molecule is COc1ccc(Cn2nnnc2C2CCOCC2)cn1. The van der Waals surface area contributed by atoms with E-state index in [4.69, 9.17) is 9.47 Å². The molecule has 1 saturated heterocycles. The van der Waals surface area contributed by atoms with Crippen LogP contribution in [0.15, 0.2) is 18.3 Å². The highest BCUT2D eigenvalue weighted by molar-refractivity contribution is 5.18. The van der Waals surface area contributed by atoms with E-state index in [0.29, 0.717) is 18.3 Å². The summed E-state index contributed by atoms with van der Waals surface area (Å²) in [5, 5.41) is 12.1. The van der Waals surface area contributed by atoms with Gasteiger partial charge in [-0.15, -0.1) is 5.10 Å². The van der Waals surface area contributed by atoms with Crippen molar-refractivity contribution in [3.8, 4) is 5.88 Å². The van der Waals surface area contributed by atoms with Crippen LogP contribution in [0.1, 0.15) is 30.1 Å². The average Bonchev–Trinajstić information content (AvgIpc) is 2.97. The Balaban J connectivity index is 1.75. The van der Waals surface area contributed by atoms with Crippen molar-refractivity contribution in [2.45, 2.75) is 25.3 Å². The van der Waals surface area contributed by atoms with Crippen molar-refractivity contribution in [2.75, 3.05) is 20.3 Å². The molecule has 0 aliphatic carbocycles. The first-order chi connectivity index (χ1) is 9.86. The molecule has 2 aromatic rings. The minimum atomic E-state index is 0.380. The molecule has 0 bridgehead atoms. The third-order valence-corrected chi connectivity index (χ3v) is 3.49. The van der Waals surface area contributed by atoms with E-state index in [-0.39, 0.29) is 0 Å². The third-order valence-electron chi connectivity index (χ3n) is 3.49. The molecule has 0 aromatic carbocycles. The zero-order chi connectivity index (χ0) is 13.8. The molecule has 7 nitrogen and oxygen atoms in total. The summed E-state index contributed by atoms with van der Waals surface area (Å²) in [6, 6.07) is 3.81. The maximum Gasteiger partial charge on any atom is 0.212 e. The Morgan fingerprint density at radius 1 is 1.35 bits per heavy atom. The topological polar surface area (TPSA) is 75.0 Å². The summed E-state index contributed by atoms with van der Waals surface area (Å²) < 4.78 is 12.3. The van der Waals surface area contributed by atoms with E-state index in [0.717, 1.165) is 37.4 Å². The van der Waals surface area contributed by atoms with Gasteiger partial charge in [-0.25, -0.2) is 9.67 Å². The second-order valence-corrected chi connectivity index (χ2v) is 4.79. The number of tetrazole rings is 1. The van der Waals surface area contributed by atoms with Gasteiger partial charge < -0.3 is 9.47 Å². The zero-order valence-electron chi connectivity index (χ0n) is 11.4. The first-order valence-corrected chi connectivity index (χ1v) is 6.69. The van der Waals surface area contributed by atoms with Gasteiger partial charge in [0.05, 0.1) is 13.7 Å². The minimum absolute atomic E-state index is 0.380. The molecule has 0 spiro atoms. The van der Waals surface area contributed by atoms with Crippen molar-refractivity contribution in [1.82, 2.24) is 25.2 Å². The molecule has 3 heterocycles. The van der Waals surface area contributed by atoms with Crippen LogP contribution in [0.5, 0.6) is 5.88 Å². The fourth-order valence-electron chi connectivity index (χ4n) is 2.37. The van der Waals surface area contributed by atoms with E-state index in [1.807, 2.05) is 16.8 Å². The summed E-state index contributed by atoms with van der Waals surface area (Å²) >= 11 is 0. The van der Waals surface area contributed by atoms with Crippen molar-refractivity contribution < 1.29 is 9.47 Å². The summed E-state index contributed by atoms with van der Waals surface area (Å²) in [7, 11) is 1.60. The number of methoxy groups -OCH3 is 1. The van der Waals surface area contributed by atoms with Crippen LogP contribution in [0.3, 0.4) is 0 Å². The second-order valence-electron chi connectivity index (χ2n) is 4.79. The molecule has 0 N–H and O–H groups in total. The molecular formula is C13H17N5O2. The lowest BCUT2D eigenvalue weighted by molar-refractivity contribution is 0.0826. The predicted octanol–water partition coefficient (Wildman–Crippen LogP) is 1.02. The van der Waals surface area contributed by atoms with Gasteiger partial charge in [0.2, 0.25) is 5.88 Å². The van der Waals surface area contributed by atoms with Gasteiger partial charge in [0, 0.05) is 31.4 Å². The van der Waals surface area contributed by atoms with Crippen LogP contribution >= 0.6 is 0 Å². The van der Waals surface area contributed by atoms with E-state index < -0.39 is 0 Å². The molecule has 1 fully saturated rings. The van der Waals surface area contributed by atoms with Gasteiger partial charge >= 0.3 is 0 Å². The number of ether oxygens (including phenoxy) is 2. The smallest absolute Gasteiger partial charge is 0.212 e. The van der Waals surface area contributed by atoms with Crippen LogP contribution < -0.4 is 4.74 Å². The van der Waals surface area contributed by atoms with Gasteiger partial charge in [-0.2, -0.15) is 0 Å². The van der Waals surface area contributed by atoms with Crippen LogP contribution in [0.4, 0.5) is 0 Å². The molecule has 7 heteroatoms. The molecule has 1 aliphatic heterocycles. The first kappa shape index (κ1) is 13.0. The van der Waals surface area contributed by atoms with Crippen LogP contribution in [0, 0.1) is 0 Å². The first-order valence-electron chi connectivity index (χ1n) is 6.69. The van der Waals surface area contributed by atoms with Gasteiger partial charge in [0.15, 0.2) is 5.82 Å². The maximum atomic E-state index is 5.38. The molecule has 0 unspecified atom stereocenters. The summed E-state index contributed by atoms with van der Waals surface area (Å²) in [5.41, 5.74) is 1.05. The number of aromatic nitrogens is 5. The summed E-state index contributed by atoms with van der Waals surface area (Å²) in [4.78, 5) is 4.20. The molecule has 0 amide bonds. The number of rotatable bonds is 4. The van der Waals surface area contributed by atoms with Crippen molar-refractivity contribution in [3.63, 3.8) is 0 Å². The summed E-state index contributed by atoms with van der Waals surface area (Å²) in [5.74, 6) is 1.92. The van der Waals surface area contributed by atoms with Crippen molar-refractivity contribution >= 4 is 0 Å². The van der Waals surface area contributed by atoms with Crippen LogP contribution in [-0.2, 0) is 11.3 Å². The van der Waals surface area contributed by atoms with Crippen LogP contribution in [0.2, 0.25) is 0 Å². The Kier molecular flexibility index (Phi) is 3.87. The number of hydrogen-bond donors (Lipinski definition) is 0. The standard InChI is InChI=1S/C13H17N5O2/c1-19-12-3-2-10(8-14-12)9-18-13(15-16-17-18)11-4-6-20-7-5-11/h2-3,8,11H,4-7,9H2,1H3.